The topological polar surface area (TPSA) is 21.3 Å². The predicted molar refractivity (Wildman–Crippen MR) is 59.0 cm³/mol. The number of hydrogen-bond donors (Lipinski definition) is 1. The van der Waals surface area contributed by atoms with Gasteiger partial charge in [-0.15, -0.1) is 0 Å². The molecule has 0 heterocycles. The zero-order valence-electron chi connectivity index (χ0n) is 8.89. The largest absolute Gasteiger partial charge is 0.301 e. The Morgan fingerprint density at radius 2 is 2.20 bits per heavy atom. The number of benzene rings is 1. The molecule has 0 aliphatic rings. The molecule has 1 rings (SSSR count). The number of halogens is 2. The molecule has 0 aromatic heterocycles. The Morgan fingerprint density at radius 3 is 2.80 bits per heavy atom. The molecular formula is C11H15ClFNO. The summed E-state index contributed by atoms with van der Waals surface area (Å²) in [6.07, 6.45) is 0. The van der Waals surface area contributed by atoms with E-state index in [0.717, 1.165) is 5.56 Å². The smallest absolute Gasteiger partial charge is 0.141 e. The molecule has 0 unspecified atom stereocenters. The van der Waals surface area contributed by atoms with E-state index in [2.05, 4.69) is 19.3 Å². The van der Waals surface area contributed by atoms with Crippen LogP contribution in [0.2, 0.25) is 5.02 Å². The van der Waals surface area contributed by atoms with Crippen LogP contribution in [0.4, 0.5) is 4.39 Å². The van der Waals surface area contributed by atoms with Crippen LogP contribution >= 0.6 is 11.6 Å². The normalized spacial score (nSPS) is 11.0. The highest BCUT2D eigenvalue weighted by Crippen LogP contribution is 2.15. The second-order valence-electron chi connectivity index (χ2n) is 3.77. The fourth-order valence-corrected chi connectivity index (χ4v) is 1.21. The summed E-state index contributed by atoms with van der Waals surface area (Å²) in [5.41, 5.74) is 3.69. The van der Waals surface area contributed by atoms with Gasteiger partial charge in [0.05, 0.1) is 11.6 Å². The summed E-state index contributed by atoms with van der Waals surface area (Å²) in [6.45, 7) is 5.30. The highest BCUT2D eigenvalue weighted by Gasteiger charge is 2.00. The van der Waals surface area contributed by atoms with Crippen LogP contribution in [0.15, 0.2) is 18.2 Å². The molecule has 15 heavy (non-hydrogen) atoms. The van der Waals surface area contributed by atoms with Gasteiger partial charge in [-0.05, 0) is 23.6 Å². The Bertz CT molecular complexity index is 317. The molecule has 0 bridgehead atoms. The monoisotopic (exact) mass is 231 g/mol. The molecule has 1 N–H and O–H groups in total. The highest BCUT2D eigenvalue weighted by molar-refractivity contribution is 6.30. The van der Waals surface area contributed by atoms with Crippen LogP contribution in [-0.2, 0) is 11.4 Å². The molecule has 0 saturated heterocycles. The molecule has 2 nitrogen and oxygen atoms in total. The molecule has 0 radical (unpaired) electrons. The molecule has 0 saturated carbocycles. The first-order valence-corrected chi connectivity index (χ1v) is 5.26. The molecule has 0 fully saturated rings. The minimum Gasteiger partial charge on any atom is -0.301 e. The van der Waals surface area contributed by atoms with E-state index in [4.69, 9.17) is 16.4 Å². The van der Waals surface area contributed by atoms with E-state index >= 15 is 0 Å². The summed E-state index contributed by atoms with van der Waals surface area (Å²) < 4.78 is 12.8. The standard InChI is InChI=1S/C11H15ClFNO/c1-8(2)7-15-14-6-9-3-4-11(13)10(12)5-9/h3-5,8,14H,6-7H2,1-2H3. The Morgan fingerprint density at radius 1 is 1.47 bits per heavy atom. The average molecular weight is 232 g/mol. The van der Waals surface area contributed by atoms with E-state index in [1.54, 1.807) is 12.1 Å². The van der Waals surface area contributed by atoms with E-state index in [-0.39, 0.29) is 5.02 Å². The SMILES string of the molecule is CC(C)CONCc1ccc(F)c(Cl)c1. The second kappa shape index (κ2) is 6.05. The van der Waals surface area contributed by atoms with Gasteiger partial charge >= 0.3 is 0 Å². The van der Waals surface area contributed by atoms with Crippen LogP contribution in [0.1, 0.15) is 19.4 Å². The van der Waals surface area contributed by atoms with Crippen molar-refractivity contribution in [2.75, 3.05) is 6.61 Å². The van der Waals surface area contributed by atoms with Crippen LogP contribution in [-0.4, -0.2) is 6.61 Å². The van der Waals surface area contributed by atoms with E-state index in [1.165, 1.54) is 6.07 Å². The summed E-state index contributed by atoms with van der Waals surface area (Å²) in [7, 11) is 0. The molecule has 1 aromatic carbocycles. The van der Waals surface area contributed by atoms with Gasteiger partial charge in [-0.25, -0.2) is 4.39 Å². The molecule has 0 aliphatic heterocycles. The van der Waals surface area contributed by atoms with Crippen LogP contribution in [0.3, 0.4) is 0 Å². The molecule has 1 aromatic rings. The molecule has 84 valence electrons. The number of rotatable bonds is 5. The molecule has 0 aliphatic carbocycles. The number of hydroxylamine groups is 1. The van der Waals surface area contributed by atoms with Crippen molar-refractivity contribution >= 4 is 11.6 Å². The van der Waals surface area contributed by atoms with Crippen LogP contribution in [0.25, 0.3) is 0 Å². The Hall–Kier alpha value is -0.640. The predicted octanol–water partition coefficient (Wildman–Crippen LogP) is 3.16. The van der Waals surface area contributed by atoms with Gasteiger partial charge in [0, 0.05) is 6.54 Å². The third-order valence-electron chi connectivity index (χ3n) is 1.78. The zero-order chi connectivity index (χ0) is 11.3. The molecular weight excluding hydrogens is 217 g/mol. The lowest BCUT2D eigenvalue weighted by molar-refractivity contribution is 0.0196. The number of hydrogen-bond acceptors (Lipinski definition) is 2. The van der Waals surface area contributed by atoms with Crippen LogP contribution in [0, 0.1) is 11.7 Å². The van der Waals surface area contributed by atoms with Crippen LogP contribution in [0.5, 0.6) is 0 Å². The molecule has 4 heteroatoms. The van der Waals surface area contributed by atoms with Crippen molar-refractivity contribution in [1.82, 2.24) is 5.48 Å². The maximum absolute atomic E-state index is 12.8. The lowest BCUT2D eigenvalue weighted by atomic mass is 10.2. The second-order valence-corrected chi connectivity index (χ2v) is 4.18. The number of nitrogens with one attached hydrogen (secondary N) is 1. The van der Waals surface area contributed by atoms with Gasteiger partial charge in [0.2, 0.25) is 0 Å². The van der Waals surface area contributed by atoms with E-state index in [0.29, 0.717) is 19.1 Å². The van der Waals surface area contributed by atoms with E-state index in [9.17, 15) is 4.39 Å². The minimum absolute atomic E-state index is 0.137. The van der Waals surface area contributed by atoms with Crippen molar-refractivity contribution in [1.29, 1.82) is 0 Å². The Kier molecular flexibility index (Phi) is 5.02. The first-order chi connectivity index (χ1) is 7.09. The van der Waals surface area contributed by atoms with Crippen molar-refractivity contribution in [3.05, 3.63) is 34.6 Å². The van der Waals surface area contributed by atoms with Crippen molar-refractivity contribution in [3.8, 4) is 0 Å². The highest BCUT2D eigenvalue weighted by atomic mass is 35.5. The lowest BCUT2D eigenvalue weighted by Crippen LogP contribution is -2.17. The van der Waals surface area contributed by atoms with Crippen molar-refractivity contribution in [2.24, 2.45) is 5.92 Å². The van der Waals surface area contributed by atoms with Gasteiger partial charge in [0.1, 0.15) is 5.82 Å². The lowest BCUT2D eigenvalue weighted by Gasteiger charge is -2.08. The van der Waals surface area contributed by atoms with Crippen molar-refractivity contribution in [2.45, 2.75) is 20.4 Å². The molecule has 0 amide bonds. The van der Waals surface area contributed by atoms with Gasteiger partial charge < -0.3 is 4.84 Å². The van der Waals surface area contributed by atoms with Gasteiger partial charge in [-0.1, -0.05) is 31.5 Å². The maximum Gasteiger partial charge on any atom is 0.141 e. The van der Waals surface area contributed by atoms with Crippen LogP contribution < -0.4 is 5.48 Å². The van der Waals surface area contributed by atoms with Gasteiger partial charge in [-0.3, -0.25) is 0 Å². The van der Waals surface area contributed by atoms with Gasteiger partial charge in [-0.2, -0.15) is 5.48 Å². The van der Waals surface area contributed by atoms with Crippen molar-refractivity contribution < 1.29 is 9.23 Å². The quantitative estimate of drug-likeness (QED) is 0.621. The zero-order valence-corrected chi connectivity index (χ0v) is 9.64. The maximum atomic E-state index is 12.8. The first kappa shape index (κ1) is 12.4. The summed E-state index contributed by atoms with van der Waals surface area (Å²) in [4.78, 5) is 5.18. The Balaban J connectivity index is 2.35. The van der Waals surface area contributed by atoms with Crippen molar-refractivity contribution in [3.63, 3.8) is 0 Å². The first-order valence-electron chi connectivity index (χ1n) is 4.88. The molecule has 0 atom stereocenters. The fraction of sp³-hybridized carbons (Fsp3) is 0.455. The average Bonchev–Trinajstić information content (AvgIpc) is 2.18. The van der Waals surface area contributed by atoms with E-state index < -0.39 is 5.82 Å². The summed E-state index contributed by atoms with van der Waals surface area (Å²) in [6, 6.07) is 4.61. The third kappa shape index (κ3) is 4.60. The fourth-order valence-electron chi connectivity index (χ4n) is 1.01. The van der Waals surface area contributed by atoms with E-state index in [1.807, 2.05) is 0 Å². The summed E-state index contributed by atoms with van der Waals surface area (Å²) in [5, 5.41) is 0.137. The summed E-state index contributed by atoms with van der Waals surface area (Å²) >= 11 is 5.63. The van der Waals surface area contributed by atoms with Gasteiger partial charge in [0.15, 0.2) is 0 Å². The minimum atomic E-state index is -0.400. The third-order valence-corrected chi connectivity index (χ3v) is 2.07. The summed E-state index contributed by atoms with van der Waals surface area (Å²) in [5.74, 6) is 0.0813. The van der Waals surface area contributed by atoms with Gasteiger partial charge in [0.25, 0.3) is 0 Å². The Labute approximate surface area is 94.3 Å². The molecule has 0 spiro atoms.